The number of rotatable bonds is 0. The molecule has 44 valence electrons. The molecule has 0 aromatic rings. The Morgan fingerprint density at radius 3 is 1.25 bits per heavy atom. The van der Waals surface area contributed by atoms with Gasteiger partial charge in [-0.2, -0.15) is 0 Å². The molecular formula is CH6AlNaO5. The molecule has 4 N–H and O–H groups in total. The zero-order chi connectivity index (χ0) is 6.28. The van der Waals surface area contributed by atoms with Crippen LogP contribution < -0.4 is 0 Å². The minimum absolute atomic E-state index is 0. The van der Waals surface area contributed by atoms with E-state index in [1.54, 1.807) is 0 Å². The van der Waals surface area contributed by atoms with Crippen molar-refractivity contribution < 1.29 is 23.3 Å². The first-order chi connectivity index (χ1) is 3.15. The van der Waals surface area contributed by atoms with Crippen molar-refractivity contribution in [3.63, 3.8) is 0 Å². The van der Waals surface area contributed by atoms with Crippen LogP contribution >= 0.6 is 0 Å². The van der Waals surface area contributed by atoms with Crippen LogP contribution in [0, 0.1) is 0 Å². The van der Waals surface area contributed by atoms with Crippen molar-refractivity contribution in [2.45, 2.75) is 0 Å². The average Bonchev–Trinajstić information content (AvgIpc) is 1.33. The predicted octanol–water partition coefficient (Wildman–Crippen LogP) is -2.19. The van der Waals surface area contributed by atoms with E-state index in [1.165, 1.54) is 0 Å². The first-order valence-corrected chi connectivity index (χ1v) is 2.55. The van der Waals surface area contributed by atoms with Gasteiger partial charge in [0.25, 0.3) is 0 Å². The Morgan fingerprint density at radius 2 is 1.25 bits per heavy atom. The van der Waals surface area contributed by atoms with Crippen molar-refractivity contribution >= 4 is 51.6 Å². The molecule has 8 heavy (non-hydrogen) atoms. The summed E-state index contributed by atoms with van der Waals surface area (Å²) in [6, 6.07) is 0. The largest absolute Gasteiger partial charge is 0.644 e. The molecule has 0 heterocycles. The van der Waals surface area contributed by atoms with E-state index in [0.29, 0.717) is 0 Å². The molecule has 0 spiro atoms. The van der Waals surface area contributed by atoms with Crippen molar-refractivity contribution in [3.05, 3.63) is 0 Å². The summed E-state index contributed by atoms with van der Waals surface area (Å²) in [5.41, 5.74) is 0. The summed E-state index contributed by atoms with van der Waals surface area (Å²) in [7, 11) is 0. The first kappa shape index (κ1) is 15.9. The van der Waals surface area contributed by atoms with Crippen LogP contribution in [0.2, 0.25) is 0 Å². The van der Waals surface area contributed by atoms with Gasteiger partial charge in [-0.1, -0.05) is 0 Å². The Bertz CT molecular complexity index is 43.7. The number of hydrogen-bond donors (Lipinski definition) is 4. The third-order valence-electron chi connectivity index (χ3n) is 0. The Labute approximate surface area is 74.6 Å². The van der Waals surface area contributed by atoms with E-state index in [-0.39, 0.29) is 29.6 Å². The van der Waals surface area contributed by atoms with Gasteiger partial charge in [0.15, 0.2) is 0 Å². The van der Waals surface area contributed by atoms with E-state index in [4.69, 9.17) is 23.3 Å². The van der Waals surface area contributed by atoms with E-state index in [0.717, 1.165) is 0 Å². The van der Waals surface area contributed by atoms with Crippen molar-refractivity contribution in [1.82, 2.24) is 0 Å². The fourth-order valence-electron chi connectivity index (χ4n) is 0. The van der Waals surface area contributed by atoms with Crippen LogP contribution in [0.25, 0.3) is 0 Å². The first-order valence-electron chi connectivity index (χ1n) is 1.28. The van der Waals surface area contributed by atoms with Gasteiger partial charge < -0.3 is 18.5 Å². The molecule has 0 aliphatic rings. The van der Waals surface area contributed by atoms with Crippen LogP contribution in [0.3, 0.4) is 0 Å². The van der Waals surface area contributed by atoms with Crippen LogP contribution in [0.15, 0.2) is 0 Å². The maximum absolute atomic E-state index is 8.56. The van der Waals surface area contributed by atoms with Crippen LogP contribution in [0.1, 0.15) is 0 Å². The molecule has 0 aromatic heterocycles. The Kier molecular flexibility index (Phi) is 31.1. The molecule has 0 saturated heterocycles. The second-order valence-electron chi connectivity index (χ2n) is 0.424. The molecule has 7 heteroatoms. The number of carbonyl (C=O) groups is 1. The molecule has 5 nitrogen and oxygen atoms in total. The predicted molar refractivity (Wildman–Crippen MR) is 29.4 cm³/mol. The summed E-state index contributed by atoms with van der Waals surface area (Å²) in [5, 5.41) is 13.9. The molecule has 0 saturated carbocycles. The monoisotopic (exact) mass is 148 g/mol. The van der Waals surface area contributed by atoms with Crippen molar-refractivity contribution in [2.24, 2.45) is 0 Å². The van der Waals surface area contributed by atoms with Gasteiger partial charge >= 0.3 is 51.6 Å². The van der Waals surface area contributed by atoms with E-state index >= 15 is 0 Å². The van der Waals surface area contributed by atoms with Crippen LogP contribution in [-0.4, -0.2) is 70.1 Å². The number of hydrogen-bond acceptors (Lipinski definition) is 3. The summed E-state index contributed by atoms with van der Waals surface area (Å²) in [6.07, 6.45) is -1.83. The molecule has 0 rings (SSSR count). The normalized spacial score (nSPS) is 4.75. The third kappa shape index (κ3) is 422. The fraction of sp³-hybridized carbons (Fsp3) is 0. The standard InChI is InChI=1S/CH2O3.Al.Na.2H2O.2H/c2-1(3)4;;;;;;/h(H2,2,3,4);;;2*1H2;;/q;+2;;;;;/p-2. The smallest absolute Gasteiger partial charge is 0.496 e. The molecule has 0 fully saturated rings. The SMILES string of the molecule is O=C(O)O.[NaH].[OH][AlH][OH]. The van der Waals surface area contributed by atoms with Gasteiger partial charge in [0.1, 0.15) is 0 Å². The van der Waals surface area contributed by atoms with Crippen LogP contribution in [0.5, 0.6) is 0 Å². The van der Waals surface area contributed by atoms with Gasteiger partial charge in [0, 0.05) is 0 Å². The van der Waals surface area contributed by atoms with Gasteiger partial charge in [-0.05, 0) is 0 Å². The molecule has 0 aromatic carbocycles. The molecule has 0 aliphatic carbocycles. The Hall–Kier alpha value is 0.722. The number of carboxylic acid groups (broad SMARTS) is 2. The van der Waals surface area contributed by atoms with E-state index in [9.17, 15) is 0 Å². The topological polar surface area (TPSA) is 98.0 Å². The minimum Gasteiger partial charge on any atom is -0.496 e. The van der Waals surface area contributed by atoms with E-state index in [2.05, 4.69) is 0 Å². The summed E-state index contributed by atoms with van der Waals surface area (Å²) >= 11 is -1.58. The maximum Gasteiger partial charge on any atom is 0.644 e. The van der Waals surface area contributed by atoms with Crippen molar-refractivity contribution in [3.8, 4) is 0 Å². The quantitative estimate of drug-likeness (QED) is 0.292. The summed E-state index contributed by atoms with van der Waals surface area (Å²) < 4.78 is 14.5. The zero-order valence-corrected chi connectivity index (χ0v) is 4.82. The Morgan fingerprint density at radius 1 is 1.25 bits per heavy atom. The van der Waals surface area contributed by atoms with Crippen LogP contribution in [0.4, 0.5) is 4.79 Å². The van der Waals surface area contributed by atoms with Gasteiger partial charge in [0.2, 0.25) is 0 Å². The second kappa shape index (κ2) is 15.6. The van der Waals surface area contributed by atoms with Gasteiger partial charge in [0.05, 0.1) is 0 Å². The molecule has 0 radical (unpaired) electrons. The van der Waals surface area contributed by atoms with Gasteiger partial charge in [-0.25, -0.2) is 4.79 Å². The minimum atomic E-state index is -1.83. The fourth-order valence-corrected chi connectivity index (χ4v) is 0. The summed E-state index contributed by atoms with van der Waals surface area (Å²) in [6.45, 7) is 0. The van der Waals surface area contributed by atoms with Gasteiger partial charge in [-0.15, -0.1) is 0 Å². The molecule has 0 aliphatic heterocycles. The zero-order valence-electron chi connectivity index (χ0n) is 3.40. The maximum atomic E-state index is 8.56. The molecule has 0 atom stereocenters. The van der Waals surface area contributed by atoms with Crippen molar-refractivity contribution in [2.75, 3.05) is 0 Å². The second-order valence-corrected chi connectivity index (χ2v) is 0.707. The van der Waals surface area contributed by atoms with E-state index < -0.39 is 22.0 Å². The van der Waals surface area contributed by atoms with Crippen molar-refractivity contribution in [1.29, 1.82) is 0 Å². The Balaban J connectivity index is -0.0000000575. The molecule has 0 unspecified atom stereocenters. The van der Waals surface area contributed by atoms with Gasteiger partial charge in [-0.3, -0.25) is 0 Å². The van der Waals surface area contributed by atoms with Crippen LogP contribution in [-0.2, 0) is 0 Å². The summed E-state index contributed by atoms with van der Waals surface area (Å²) in [5.74, 6) is 0. The van der Waals surface area contributed by atoms with E-state index in [1.807, 2.05) is 0 Å². The molecular weight excluding hydrogens is 142 g/mol. The average molecular weight is 148 g/mol. The molecule has 0 bridgehead atoms. The summed E-state index contributed by atoms with van der Waals surface area (Å²) in [4.78, 5) is 8.56. The third-order valence-corrected chi connectivity index (χ3v) is 0. The molecule has 0 amide bonds.